The van der Waals surface area contributed by atoms with Gasteiger partial charge < -0.3 is 4.74 Å². The van der Waals surface area contributed by atoms with Gasteiger partial charge >= 0.3 is 0 Å². The molecule has 2 aliphatic rings. The maximum absolute atomic E-state index is 9.03. The summed E-state index contributed by atoms with van der Waals surface area (Å²) in [5, 5.41) is 9.03. The zero-order valence-electron chi connectivity index (χ0n) is 11.7. The smallest absolute Gasteiger partial charge is 0.0655 e. The molecule has 2 fully saturated rings. The van der Waals surface area contributed by atoms with Crippen LogP contribution in [-0.4, -0.2) is 12.7 Å². The maximum atomic E-state index is 9.03. The van der Waals surface area contributed by atoms with Gasteiger partial charge in [-0.1, -0.05) is 19.8 Å². The second kappa shape index (κ2) is 7.14. The molecule has 2 aliphatic carbocycles. The Morgan fingerprint density at radius 3 is 2.61 bits per heavy atom. The van der Waals surface area contributed by atoms with Gasteiger partial charge in [0.1, 0.15) is 0 Å². The lowest BCUT2D eigenvalue weighted by Crippen LogP contribution is -2.34. The van der Waals surface area contributed by atoms with Crippen LogP contribution in [0.25, 0.3) is 0 Å². The first-order valence-corrected chi connectivity index (χ1v) is 7.84. The Labute approximate surface area is 112 Å². The zero-order chi connectivity index (χ0) is 12.8. The molecule has 102 valence electrons. The van der Waals surface area contributed by atoms with Crippen LogP contribution in [0.5, 0.6) is 0 Å². The average Bonchev–Trinajstić information content (AvgIpc) is 2.43. The zero-order valence-corrected chi connectivity index (χ0v) is 11.7. The number of fused-ring (bicyclic) bond motifs is 1. The Morgan fingerprint density at radius 1 is 1.06 bits per heavy atom. The molecule has 4 atom stereocenters. The SMILES string of the molecule is CCCCCOC1CCC2CC(C#N)CCC2C1. The van der Waals surface area contributed by atoms with E-state index < -0.39 is 0 Å². The van der Waals surface area contributed by atoms with Gasteiger partial charge in [0.05, 0.1) is 12.2 Å². The van der Waals surface area contributed by atoms with Crippen LogP contribution >= 0.6 is 0 Å². The topological polar surface area (TPSA) is 33.0 Å². The van der Waals surface area contributed by atoms with E-state index in [-0.39, 0.29) is 0 Å². The highest BCUT2D eigenvalue weighted by molar-refractivity contribution is 4.93. The average molecular weight is 249 g/mol. The third-order valence-corrected chi connectivity index (χ3v) is 4.85. The number of hydrogen-bond acceptors (Lipinski definition) is 2. The molecule has 2 heteroatoms. The normalized spacial score (nSPS) is 35.8. The Balaban J connectivity index is 1.69. The number of nitrogens with zero attached hydrogens (tertiary/aromatic N) is 1. The maximum Gasteiger partial charge on any atom is 0.0655 e. The van der Waals surface area contributed by atoms with Crippen molar-refractivity contribution in [3.8, 4) is 6.07 Å². The van der Waals surface area contributed by atoms with Crippen LogP contribution in [0.2, 0.25) is 0 Å². The summed E-state index contributed by atoms with van der Waals surface area (Å²) < 4.78 is 6.02. The first-order chi connectivity index (χ1) is 8.83. The monoisotopic (exact) mass is 249 g/mol. The highest BCUT2D eigenvalue weighted by Gasteiger charge is 2.35. The van der Waals surface area contributed by atoms with E-state index in [1.165, 1.54) is 44.9 Å². The summed E-state index contributed by atoms with van der Waals surface area (Å²) in [6.45, 7) is 3.19. The van der Waals surface area contributed by atoms with Crippen molar-refractivity contribution in [2.24, 2.45) is 17.8 Å². The van der Waals surface area contributed by atoms with E-state index in [4.69, 9.17) is 10.00 Å². The van der Waals surface area contributed by atoms with E-state index in [2.05, 4.69) is 13.0 Å². The van der Waals surface area contributed by atoms with Gasteiger partial charge in [-0.05, 0) is 56.8 Å². The van der Waals surface area contributed by atoms with E-state index in [1.807, 2.05) is 0 Å². The third kappa shape index (κ3) is 3.72. The summed E-state index contributed by atoms with van der Waals surface area (Å²) in [5.41, 5.74) is 0. The summed E-state index contributed by atoms with van der Waals surface area (Å²) in [5.74, 6) is 2.01. The Bertz CT molecular complexity index is 283. The van der Waals surface area contributed by atoms with Gasteiger partial charge in [-0.25, -0.2) is 0 Å². The molecule has 0 spiro atoms. The molecule has 0 radical (unpaired) electrons. The molecule has 0 N–H and O–H groups in total. The van der Waals surface area contributed by atoms with Crippen molar-refractivity contribution in [2.75, 3.05) is 6.61 Å². The number of unbranched alkanes of at least 4 members (excludes halogenated alkanes) is 2. The van der Waals surface area contributed by atoms with E-state index in [0.717, 1.165) is 31.3 Å². The summed E-state index contributed by atoms with van der Waals surface area (Å²) in [4.78, 5) is 0. The number of hydrogen-bond donors (Lipinski definition) is 0. The molecule has 0 saturated heterocycles. The fourth-order valence-corrected chi connectivity index (χ4v) is 3.72. The van der Waals surface area contributed by atoms with Gasteiger partial charge in [0, 0.05) is 12.5 Å². The first-order valence-electron chi connectivity index (χ1n) is 7.84. The van der Waals surface area contributed by atoms with Crippen molar-refractivity contribution >= 4 is 0 Å². The summed E-state index contributed by atoms with van der Waals surface area (Å²) in [6, 6.07) is 2.47. The van der Waals surface area contributed by atoms with Crippen LogP contribution in [0.1, 0.15) is 64.7 Å². The van der Waals surface area contributed by atoms with E-state index in [9.17, 15) is 0 Å². The number of ether oxygens (including phenoxy) is 1. The largest absolute Gasteiger partial charge is 0.378 e. The predicted octanol–water partition coefficient (Wildman–Crippen LogP) is 4.30. The molecule has 0 aromatic heterocycles. The highest BCUT2D eigenvalue weighted by Crippen LogP contribution is 2.43. The highest BCUT2D eigenvalue weighted by atomic mass is 16.5. The minimum Gasteiger partial charge on any atom is -0.378 e. The van der Waals surface area contributed by atoms with Crippen LogP contribution in [0.4, 0.5) is 0 Å². The second-order valence-corrected chi connectivity index (χ2v) is 6.17. The third-order valence-electron chi connectivity index (χ3n) is 4.85. The molecule has 2 saturated carbocycles. The van der Waals surface area contributed by atoms with Crippen LogP contribution in [0.15, 0.2) is 0 Å². The van der Waals surface area contributed by atoms with E-state index in [1.54, 1.807) is 0 Å². The lowest BCUT2D eigenvalue weighted by atomic mass is 9.67. The molecule has 0 amide bonds. The molecule has 18 heavy (non-hydrogen) atoms. The second-order valence-electron chi connectivity index (χ2n) is 6.17. The quantitative estimate of drug-likeness (QED) is 0.680. The number of nitriles is 1. The van der Waals surface area contributed by atoms with Crippen molar-refractivity contribution in [1.29, 1.82) is 5.26 Å². The van der Waals surface area contributed by atoms with Crippen LogP contribution in [0, 0.1) is 29.1 Å². The van der Waals surface area contributed by atoms with Gasteiger partial charge in [0.15, 0.2) is 0 Å². The van der Waals surface area contributed by atoms with Gasteiger partial charge in [-0.2, -0.15) is 5.26 Å². The minimum absolute atomic E-state index is 0.341. The van der Waals surface area contributed by atoms with Crippen LogP contribution < -0.4 is 0 Å². The molecule has 4 unspecified atom stereocenters. The molecule has 0 aromatic rings. The van der Waals surface area contributed by atoms with Crippen LogP contribution in [-0.2, 0) is 4.74 Å². The summed E-state index contributed by atoms with van der Waals surface area (Å²) >= 11 is 0. The van der Waals surface area contributed by atoms with Crippen molar-refractivity contribution in [1.82, 2.24) is 0 Å². The van der Waals surface area contributed by atoms with Crippen molar-refractivity contribution in [2.45, 2.75) is 70.8 Å². The molecular formula is C16H27NO. The van der Waals surface area contributed by atoms with Crippen molar-refractivity contribution < 1.29 is 4.74 Å². The molecule has 0 bridgehead atoms. The molecule has 2 nitrogen and oxygen atoms in total. The van der Waals surface area contributed by atoms with Gasteiger partial charge in [0.2, 0.25) is 0 Å². The Morgan fingerprint density at radius 2 is 1.83 bits per heavy atom. The lowest BCUT2D eigenvalue weighted by molar-refractivity contribution is -0.0174. The summed E-state index contributed by atoms with van der Waals surface area (Å²) in [7, 11) is 0. The van der Waals surface area contributed by atoms with E-state index >= 15 is 0 Å². The van der Waals surface area contributed by atoms with Crippen molar-refractivity contribution in [3.05, 3.63) is 0 Å². The standard InChI is InChI=1S/C16H27NO/c1-2-3-4-9-18-16-8-7-14-10-13(12-17)5-6-15(14)11-16/h13-16H,2-11H2,1H3. The molecule has 2 rings (SSSR count). The molecular weight excluding hydrogens is 222 g/mol. The first kappa shape index (κ1) is 13.9. The summed E-state index contributed by atoms with van der Waals surface area (Å²) in [6.07, 6.45) is 11.6. The van der Waals surface area contributed by atoms with Crippen molar-refractivity contribution in [3.63, 3.8) is 0 Å². The molecule has 0 aromatic carbocycles. The minimum atomic E-state index is 0.341. The lowest BCUT2D eigenvalue weighted by Gasteiger charge is -2.40. The van der Waals surface area contributed by atoms with Crippen LogP contribution in [0.3, 0.4) is 0 Å². The van der Waals surface area contributed by atoms with Gasteiger partial charge in [-0.15, -0.1) is 0 Å². The Hall–Kier alpha value is -0.550. The molecule has 0 aliphatic heterocycles. The Kier molecular flexibility index (Phi) is 5.50. The fourth-order valence-electron chi connectivity index (χ4n) is 3.72. The van der Waals surface area contributed by atoms with Gasteiger partial charge in [-0.3, -0.25) is 0 Å². The molecule has 0 heterocycles. The van der Waals surface area contributed by atoms with E-state index in [0.29, 0.717) is 12.0 Å². The fraction of sp³-hybridized carbons (Fsp3) is 0.938. The van der Waals surface area contributed by atoms with Gasteiger partial charge in [0.25, 0.3) is 0 Å². The predicted molar refractivity (Wildman–Crippen MR) is 73.1 cm³/mol. The number of rotatable bonds is 5.